The standard InChI is InChI=1S/C20H17N3O2/c1-2-25-20(24)17-15-9-5-6-10-16(15)22-19(17)23-18-14-8-4-3-7-13(14)11-12-21-18/h3-12,22H,2H2,1H3,(H,21,23). The summed E-state index contributed by atoms with van der Waals surface area (Å²) in [6.45, 7) is 2.12. The summed E-state index contributed by atoms with van der Waals surface area (Å²) in [5.74, 6) is 0.918. The third kappa shape index (κ3) is 2.70. The molecule has 0 aliphatic heterocycles. The third-order valence-electron chi connectivity index (χ3n) is 4.10. The SMILES string of the molecule is CCOC(=O)c1c(Nc2nccc3ccccc23)[nH]c2ccccc12. The molecule has 0 saturated carbocycles. The first kappa shape index (κ1) is 15.2. The van der Waals surface area contributed by atoms with Crippen molar-refractivity contribution in [2.24, 2.45) is 0 Å². The van der Waals surface area contributed by atoms with Gasteiger partial charge in [0, 0.05) is 22.5 Å². The molecule has 4 rings (SSSR count). The fourth-order valence-corrected chi connectivity index (χ4v) is 2.99. The van der Waals surface area contributed by atoms with Crippen molar-refractivity contribution in [2.75, 3.05) is 11.9 Å². The van der Waals surface area contributed by atoms with Crippen molar-refractivity contribution in [2.45, 2.75) is 6.92 Å². The van der Waals surface area contributed by atoms with Crippen LogP contribution in [0, 0.1) is 0 Å². The lowest BCUT2D eigenvalue weighted by molar-refractivity contribution is 0.0530. The zero-order chi connectivity index (χ0) is 17.2. The Kier molecular flexibility index (Phi) is 3.82. The number of pyridine rings is 1. The zero-order valence-electron chi connectivity index (χ0n) is 13.7. The highest BCUT2D eigenvalue weighted by Gasteiger charge is 2.20. The first-order chi connectivity index (χ1) is 12.3. The number of rotatable bonds is 4. The molecule has 0 bridgehead atoms. The number of carbonyl (C=O) groups excluding carboxylic acids is 1. The number of carbonyl (C=O) groups is 1. The molecule has 0 unspecified atom stereocenters. The number of anilines is 2. The van der Waals surface area contributed by atoms with Crippen LogP contribution in [0.5, 0.6) is 0 Å². The molecule has 2 aromatic carbocycles. The van der Waals surface area contributed by atoms with Gasteiger partial charge in [0.25, 0.3) is 0 Å². The van der Waals surface area contributed by atoms with Gasteiger partial charge in [-0.05, 0) is 24.4 Å². The van der Waals surface area contributed by atoms with Gasteiger partial charge in [0.1, 0.15) is 17.2 Å². The largest absolute Gasteiger partial charge is 0.462 e. The molecule has 0 aliphatic rings. The first-order valence-electron chi connectivity index (χ1n) is 8.16. The number of hydrogen-bond acceptors (Lipinski definition) is 4. The normalized spacial score (nSPS) is 10.9. The van der Waals surface area contributed by atoms with Crippen molar-refractivity contribution in [1.29, 1.82) is 0 Å². The minimum Gasteiger partial charge on any atom is -0.462 e. The molecule has 2 N–H and O–H groups in total. The number of nitrogens with zero attached hydrogens (tertiary/aromatic N) is 1. The second-order valence-corrected chi connectivity index (χ2v) is 5.65. The Balaban J connectivity index is 1.86. The van der Waals surface area contributed by atoms with Gasteiger partial charge >= 0.3 is 5.97 Å². The van der Waals surface area contributed by atoms with E-state index in [4.69, 9.17) is 4.74 Å². The van der Waals surface area contributed by atoms with E-state index in [2.05, 4.69) is 15.3 Å². The third-order valence-corrected chi connectivity index (χ3v) is 4.10. The van der Waals surface area contributed by atoms with Crippen molar-refractivity contribution < 1.29 is 9.53 Å². The monoisotopic (exact) mass is 331 g/mol. The zero-order valence-corrected chi connectivity index (χ0v) is 13.7. The van der Waals surface area contributed by atoms with Crippen LogP contribution in [-0.2, 0) is 4.74 Å². The molecule has 0 aliphatic carbocycles. The molecule has 0 radical (unpaired) electrons. The lowest BCUT2D eigenvalue weighted by atomic mass is 10.1. The van der Waals surface area contributed by atoms with Crippen LogP contribution in [0.1, 0.15) is 17.3 Å². The quantitative estimate of drug-likeness (QED) is 0.535. The van der Waals surface area contributed by atoms with Crippen LogP contribution in [0.25, 0.3) is 21.7 Å². The molecular formula is C20H17N3O2. The number of hydrogen-bond donors (Lipinski definition) is 2. The van der Waals surface area contributed by atoms with Crippen molar-refractivity contribution in [1.82, 2.24) is 9.97 Å². The summed E-state index contributed by atoms with van der Waals surface area (Å²) < 4.78 is 5.24. The van der Waals surface area contributed by atoms with Gasteiger partial charge in [-0.25, -0.2) is 9.78 Å². The van der Waals surface area contributed by atoms with Gasteiger partial charge in [-0.3, -0.25) is 0 Å². The van der Waals surface area contributed by atoms with Gasteiger partial charge in [-0.2, -0.15) is 0 Å². The van der Waals surface area contributed by atoms with Crippen LogP contribution in [0.15, 0.2) is 60.8 Å². The van der Waals surface area contributed by atoms with Gasteiger partial charge in [-0.1, -0.05) is 42.5 Å². The average molecular weight is 331 g/mol. The summed E-state index contributed by atoms with van der Waals surface area (Å²) >= 11 is 0. The number of fused-ring (bicyclic) bond motifs is 2. The molecule has 5 heteroatoms. The average Bonchev–Trinajstić information content (AvgIpc) is 3.00. The number of H-pyrrole nitrogens is 1. The molecule has 2 heterocycles. The number of esters is 1. The van der Waals surface area contributed by atoms with Crippen LogP contribution in [0.3, 0.4) is 0 Å². The van der Waals surface area contributed by atoms with Crippen LogP contribution in [0.4, 0.5) is 11.6 Å². The molecule has 25 heavy (non-hydrogen) atoms. The van der Waals surface area contributed by atoms with Crippen molar-refractivity contribution in [3.05, 3.63) is 66.4 Å². The highest BCUT2D eigenvalue weighted by Crippen LogP contribution is 2.31. The Bertz CT molecular complexity index is 1060. The summed E-state index contributed by atoms with van der Waals surface area (Å²) in [6.07, 6.45) is 1.75. The molecule has 0 spiro atoms. The van der Waals surface area contributed by atoms with Gasteiger partial charge in [-0.15, -0.1) is 0 Å². The van der Waals surface area contributed by atoms with Gasteiger partial charge in [0.05, 0.1) is 6.61 Å². The van der Waals surface area contributed by atoms with E-state index in [-0.39, 0.29) is 5.97 Å². The molecule has 5 nitrogen and oxygen atoms in total. The van der Waals surface area contributed by atoms with E-state index < -0.39 is 0 Å². The molecule has 2 aromatic heterocycles. The Labute approximate surface area is 144 Å². The minimum absolute atomic E-state index is 0.324. The molecule has 124 valence electrons. The number of para-hydroxylation sites is 1. The Morgan fingerprint density at radius 2 is 1.84 bits per heavy atom. The highest BCUT2D eigenvalue weighted by atomic mass is 16.5. The Morgan fingerprint density at radius 3 is 2.68 bits per heavy atom. The molecule has 4 aromatic rings. The number of aromatic nitrogens is 2. The smallest absolute Gasteiger partial charge is 0.342 e. The highest BCUT2D eigenvalue weighted by molar-refractivity contribution is 6.10. The second kappa shape index (κ2) is 6.28. The molecule has 0 saturated heterocycles. The molecular weight excluding hydrogens is 314 g/mol. The predicted molar refractivity (Wildman–Crippen MR) is 99.3 cm³/mol. The number of aromatic amines is 1. The summed E-state index contributed by atoms with van der Waals surface area (Å²) in [5, 5.41) is 6.16. The van der Waals surface area contributed by atoms with Crippen molar-refractivity contribution >= 4 is 39.3 Å². The number of nitrogens with one attached hydrogen (secondary N) is 2. The van der Waals surface area contributed by atoms with E-state index >= 15 is 0 Å². The maximum atomic E-state index is 12.5. The molecule has 0 amide bonds. The van der Waals surface area contributed by atoms with Crippen molar-refractivity contribution in [3.8, 4) is 0 Å². The van der Waals surface area contributed by atoms with E-state index in [0.717, 1.165) is 21.7 Å². The fourth-order valence-electron chi connectivity index (χ4n) is 2.99. The summed E-state index contributed by atoms with van der Waals surface area (Å²) in [6, 6.07) is 17.6. The number of ether oxygens (including phenoxy) is 1. The van der Waals surface area contributed by atoms with Gasteiger partial charge < -0.3 is 15.0 Å². The Hall–Kier alpha value is -3.34. The second-order valence-electron chi connectivity index (χ2n) is 5.65. The first-order valence-corrected chi connectivity index (χ1v) is 8.16. The lowest BCUT2D eigenvalue weighted by Gasteiger charge is -2.09. The van der Waals surface area contributed by atoms with E-state index in [0.29, 0.717) is 23.8 Å². The Morgan fingerprint density at radius 1 is 1.08 bits per heavy atom. The van der Waals surface area contributed by atoms with Gasteiger partial charge in [0.15, 0.2) is 0 Å². The van der Waals surface area contributed by atoms with Gasteiger partial charge in [0.2, 0.25) is 0 Å². The molecule has 0 fully saturated rings. The molecule has 0 atom stereocenters. The van der Waals surface area contributed by atoms with Crippen LogP contribution >= 0.6 is 0 Å². The van der Waals surface area contributed by atoms with E-state index in [1.807, 2.05) is 54.6 Å². The fraction of sp³-hybridized carbons (Fsp3) is 0.100. The minimum atomic E-state index is -0.359. The topological polar surface area (TPSA) is 67.0 Å². The van der Waals surface area contributed by atoms with E-state index in [1.54, 1.807) is 13.1 Å². The van der Waals surface area contributed by atoms with Crippen LogP contribution in [-0.4, -0.2) is 22.5 Å². The predicted octanol–water partition coefficient (Wildman–Crippen LogP) is 4.64. The van der Waals surface area contributed by atoms with E-state index in [9.17, 15) is 4.79 Å². The van der Waals surface area contributed by atoms with Crippen LogP contribution < -0.4 is 5.32 Å². The summed E-state index contributed by atoms with van der Waals surface area (Å²) in [7, 11) is 0. The summed E-state index contributed by atoms with van der Waals surface area (Å²) in [4.78, 5) is 20.2. The summed E-state index contributed by atoms with van der Waals surface area (Å²) in [5.41, 5.74) is 1.36. The van der Waals surface area contributed by atoms with E-state index in [1.165, 1.54) is 0 Å². The lowest BCUT2D eigenvalue weighted by Crippen LogP contribution is -2.07. The number of benzene rings is 2. The maximum Gasteiger partial charge on any atom is 0.342 e. The maximum absolute atomic E-state index is 12.5. The van der Waals surface area contributed by atoms with Crippen molar-refractivity contribution in [3.63, 3.8) is 0 Å². The van der Waals surface area contributed by atoms with Crippen LogP contribution in [0.2, 0.25) is 0 Å².